The van der Waals surface area contributed by atoms with Crippen LogP contribution < -0.4 is 4.72 Å². The van der Waals surface area contributed by atoms with Crippen molar-refractivity contribution in [2.45, 2.75) is 17.7 Å². The Kier molecular flexibility index (Phi) is 6.73. The molecule has 0 spiro atoms. The summed E-state index contributed by atoms with van der Waals surface area (Å²) in [4.78, 5) is 21.2. The number of nitro groups is 1. The molecule has 3 aromatic rings. The molecule has 1 aromatic heterocycles. The fraction of sp³-hybridized carbons (Fsp3) is 0.167. The fourth-order valence-electron chi connectivity index (χ4n) is 2.42. The Bertz CT molecular complexity index is 1270. The van der Waals surface area contributed by atoms with Crippen LogP contribution in [0, 0.1) is 10.1 Å². The second kappa shape index (κ2) is 9.33. The summed E-state index contributed by atoms with van der Waals surface area (Å²) in [5.74, 6) is -1.20. The lowest BCUT2D eigenvalue weighted by Gasteiger charge is -2.10. The van der Waals surface area contributed by atoms with Crippen molar-refractivity contribution in [3.63, 3.8) is 0 Å². The zero-order chi connectivity index (χ0) is 24.2. The van der Waals surface area contributed by atoms with Gasteiger partial charge in [-0.05, 0) is 30.3 Å². The Morgan fingerprint density at radius 1 is 1.15 bits per heavy atom. The summed E-state index contributed by atoms with van der Waals surface area (Å²) in [5.41, 5.74) is -0.923. The molecular formula is C18H13F3N4O7S. The standard InChI is InChI=1S/C18H13F3N4O7S/c19-18(20,21)12-2-1-3-14(8-12)33(29,30)22-9-16(26)31-10-15-23-24-17(32-15)11-4-6-13(7-5-11)25(27)28/h1-8,22H,9-10H2. The Labute approximate surface area is 183 Å². The number of sulfonamides is 1. The van der Waals surface area contributed by atoms with Crippen molar-refractivity contribution in [1.82, 2.24) is 14.9 Å². The van der Waals surface area contributed by atoms with Gasteiger partial charge in [0, 0.05) is 17.7 Å². The highest BCUT2D eigenvalue weighted by Gasteiger charge is 2.31. The Hall–Kier alpha value is -3.85. The fourth-order valence-corrected chi connectivity index (χ4v) is 3.44. The molecular weight excluding hydrogens is 473 g/mol. The topological polar surface area (TPSA) is 155 Å². The quantitative estimate of drug-likeness (QED) is 0.287. The maximum atomic E-state index is 12.8. The number of benzene rings is 2. The number of esters is 1. The van der Waals surface area contributed by atoms with Gasteiger partial charge in [0.2, 0.25) is 15.9 Å². The van der Waals surface area contributed by atoms with E-state index in [-0.39, 0.29) is 17.5 Å². The predicted octanol–water partition coefficient (Wildman–Crippen LogP) is 2.69. The lowest BCUT2D eigenvalue weighted by atomic mass is 10.2. The molecule has 2 aromatic carbocycles. The third-order valence-electron chi connectivity index (χ3n) is 4.03. The summed E-state index contributed by atoms with van der Waals surface area (Å²) >= 11 is 0. The van der Waals surface area contributed by atoms with Crippen LogP contribution in [0.4, 0.5) is 18.9 Å². The molecule has 0 aliphatic carbocycles. The van der Waals surface area contributed by atoms with Crippen LogP contribution in [0.2, 0.25) is 0 Å². The van der Waals surface area contributed by atoms with Gasteiger partial charge >= 0.3 is 12.1 Å². The number of ether oxygens (including phenoxy) is 1. The number of carbonyl (C=O) groups is 1. The smallest absolute Gasteiger partial charge is 0.416 e. The van der Waals surface area contributed by atoms with Gasteiger partial charge in [0.15, 0.2) is 6.61 Å². The van der Waals surface area contributed by atoms with E-state index >= 15 is 0 Å². The zero-order valence-electron chi connectivity index (χ0n) is 16.3. The van der Waals surface area contributed by atoms with E-state index in [1.54, 1.807) is 0 Å². The number of aromatic nitrogens is 2. The second-order valence-corrected chi connectivity index (χ2v) is 8.08. The van der Waals surface area contributed by atoms with Gasteiger partial charge in [0.05, 0.1) is 15.4 Å². The highest BCUT2D eigenvalue weighted by Crippen LogP contribution is 2.30. The van der Waals surface area contributed by atoms with E-state index in [2.05, 4.69) is 10.2 Å². The molecule has 3 rings (SSSR count). The van der Waals surface area contributed by atoms with Crippen molar-refractivity contribution >= 4 is 21.7 Å². The maximum Gasteiger partial charge on any atom is 0.416 e. The molecule has 0 amide bonds. The lowest BCUT2D eigenvalue weighted by molar-refractivity contribution is -0.384. The van der Waals surface area contributed by atoms with Crippen molar-refractivity contribution in [3.8, 4) is 11.5 Å². The molecule has 0 unspecified atom stereocenters. The van der Waals surface area contributed by atoms with Gasteiger partial charge in [-0.2, -0.15) is 17.9 Å². The average Bonchev–Trinajstić information content (AvgIpc) is 3.25. The number of alkyl halides is 3. The highest BCUT2D eigenvalue weighted by atomic mass is 32.2. The Balaban J connectivity index is 1.55. The summed E-state index contributed by atoms with van der Waals surface area (Å²) in [6.45, 7) is -1.37. The molecule has 0 saturated heterocycles. The van der Waals surface area contributed by atoms with Crippen LogP contribution in [0.1, 0.15) is 11.5 Å². The third kappa shape index (κ3) is 6.11. The Morgan fingerprint density at radius 3 is 2.48 bits per heavy atom. The molecule has 1 N–H and O–H groups in total. The minimum Gasteiger partial charge on any atom is -0.455 e. The molecule has 0 aliphatic heterocycles. The molecule has 0 aliphatic rings. The average molecular weight is 486 g/mol. The van der Waals surface area contributed by atoms with Crippen LogP contribution in [0.25, 0.3) is 11.5 Å². The molecule has 33 heavy (non-hydrogen) atoms. The van der Waals surface area contributed by atoms with E-state index in [1.165, 1.54) is 24.3 Å². The third-order valence-corrected chi connectivity index (χ3v) is 5.43. The molecule has 1 heterocycles. The molecule has 0 radical (unpaired) electrons. The maximum absolute atomic E-state index is 12.8. The molecule has 174 valence electrons. The number of rotatable bonds is 8. The predicted molar refractivity (Wildman–Crippen MR) is 103 cm³/mol. The summed E-state index contributed by atoms with van der Waals surface area (Å²) in [7, 11) is -4.41. The molecule has 0 fully saturated rings. The molecule has 15 heteroatoms. The van der Waals surface area contributed by atoms with Crippen molar-refractivity contribution in [2.75, 3.05) is 6.54 Å². The number of halogens is 3. The molecule has 11 nitrogen and oxygen atoms in total. The Morgan fingerprint density at radius 2 is 1.85 bits per heavy atom. The van der Waals surface area contributed by atoms with Crippen molar-refractivity contribution < 1.29 is 40.5 Å². The first-order chi connectivity index (χ1) is 15.5. The van der Waals surface area contributed by atoms with Gasteiger partial charge in [-0.15, -0.1) is 10.2 Å². The number of hydrogen-bond donors (Lipinski definition) is 1. The van der Waals surface area contributed by atoms with Crippen LogP contribution in [0.5, 0.6) is 0 Å². The summed E-state index contributed by atoms with van der Waals surface area (Å²) in [5, 5.41) is 18.0. The molecule has 0 saturated carbocycles. The van der Waals surface area contributed by atoms with Crippen molar-refractivity contribution in [1.29, 1.82) is 0 Å². The van der Waals surface area contributed by atoms with E-state index in [4.69, 9.17) is 9.15 Å². The van der Waals surface area contributed by atoms with Gasteiger partial charge < -0.3 is 9.15 Å². The van der Waals surface area contributed by atoms with Gasteiger partial charge in [-0.25, -0.2) is 8.42 Å². The van der Waals surface area contributed by atoms with Gasteiger partial charge in [-0.3, -0.25) is 14.9 Å². The SMILES string of the molecule is O=C(CNS(=O)(=O)c1cccc(C(F)(F)F)c1)OCc1nnc(-c2ccc([N+](=O)[O-])cc2)o1. The van der Waals surface area contributed by atoms with Crippen molar-refractivity contribution in [2.24, 2.45) is 0 Å². The van der Waals surface area contributed by atoms with Gasteiger partial charge in [-0.1, -0.05) is 6.07 Å². The van der Waals surface area contributed by atoms with Gasteiger partial charge in [0.1, 0.15) is 6.54 Å². The van der Waals surface area contributed by atoms with E-state index in [0.29, 0.717) is 17.7 Å². The van der Waals surface area contributed by atoms with Crippen LogP contribution in [0.3, 0.4) is 0 Å². The van der Waals surface area contributed by atoms with Crippen LogP contribution in [0.15, 0.2) is 57.8 Å². The first-order valence-corrected chi connectivity index (χ1v) is 10.3. The minimum absolute atomic E-state index is 0.00111. The minimum atomic E-state index is -4.73. The molecule has 0 atom stereocenters. The first-order valence-electron chi connectivity index (χ1n) is 8.85. The number of nitro benzene ring substituents is 1. The first kappa shape index (κ1) is 23.8. The van der Waals surface area contributed by atoms with Crippen LogP contribution in [-0.2, 0) is 32.3 Å². The van der Waals surface area contributed by atoms with E-state index < -0.39 is 50.7 Å². The van der Waals surface area contributed by atoms with Crippen LogP contribution >= 0.6 is 0 Å². The summed E-state index contributed by atoms with van der Waals surface area (Å²) in [6, 6.07) is 8.24. The normalized spacial score (nSPS) is 11.8. The number of carbonyl (C=O) groups excluding carboxylic acids is 1. The van der Waals surface area contributed by atoms with E-state index in [9.17, 15) is 36.5 Å². The van der Waals surface area contributed by atoms with Gasteiger partial charge in [0.25, 0.3) is 11.6 Å². The number of nitrogens with one attached hydrogen (secondary N) is 1. The highest BCUT2D eigenvalue weighted by molar-refractivity contribution is 7.89. The lowest BCUT2D eigenvalue weighted by Crippen LogP contribution is -2.30. The number of nitrogens with zero attached hydrogens (tertiary/aromatic N) is 3. The van der Waals surface area contributed by atoms with E-state index in [0.717, 1.165) is 12.1 Å². The zero-order valence-corrected chi connectivity index (χ0v) is 17.1. The van der Waals surface area contributed by atoms with E-state index in [1.807, 2.05) is 4.72 Å². The monoisotopic (exact) mass is 486 g/mol. The van der Waals surface area contributed by atoms with Crippen LogP contribution in [-0.4, -0.2) is 36.1 Å². The molecule has 0 bridgehead atoms. The number of hydrogen-bond acceptors (Lipinski definition) is 9. The largest absolute Gasteiger partial charge is 0.455 e. The van der Waals surface area contributed by atoms with Crippen molar-refractivity contribution in [3.05, 3.63) is 70.1 Å². The second-order valence-electron chi connectivity index (χ2n) is 6.32. The number of non-ortho nitro benzene ring substituents is 1. The summed E-state index contributed by atoms with van der Waals surface area (Å²) in [6.07, 6.45) is -4.73. The summed E-state index contributed by atoms with van der Waals surface area (Å²) < 4.78 is 74.5.